The molecule has 0 saturated carbocycles. The molecule has 29 heavy (non-hydrogen) atoms. The molecule has 0 spiro atoms. The molecule has 0 amide bonds. The summed E-state index contributed by atoms with van der Waals surface area (Å²) in [5.41, 5.74) is 0. The van der Waals surface area contributed by atoms with E-state index in [0.29, 0.717) is 37.1 Å². The SMILES string of the molecule is COc1ccc(F)cc1S(=O)(=O)N1CCCN(CC(C)C)C(c2nc(C)no2)C1. The standard InChI is InChI=1S/C19H27FN4O4S/c1-13(2)11-23-8-5-9-24(12-16(23)19-21-14(3)22-28-19)29(25,26)18-10-15(20)6-7-17(18)27-4/h6-7,10,13,16H,5,8-9,11-12H2,1-4H3. The van der Waals surface area contributed by atoms with E-state index in [9.17, 15) is 12.8 Å². The van der Waals surface area contributed by atoms with Gasteiger partial charge in [0.15, 0.2) is 5.82 Å². The molecule has 1 atom stereocenters. The molecule has 8 nitrogen and oxygen atoms in total. The predicted octanol–water partition coefficient (Wildman–Crippen LogP) is 2.62. The molecule has 160 valence electrons. The van der Waals surface area contributed by atoms with Gasteiger partial charge in [0.2, 0.25) is 15.9 Å². The molecule has 1 aliphatic heterocycles. The van der Waals surface area contributed by atoms with Crippen LogP contribution in [0.3, 0.4) is 0 Å². The molecule has 3 rings (SSSR count). The largest absolute Gasteiger partial charge is 0.495 e. The van der Waals surface area contributed by atoms with Crippen molar-refractivity contribution in [1.29, 1.82) is 0 Å². The zero-order chi connectivity index (χ0) is 21.2. The Bertz CT molecular complexity index is 947. The molecule has 1 saturated heterocycles. The van der Waals surface area contributed by atoms with Crippen LogP contribution in [0.5, 0.6) is 5.75 Å². The van der Waals surface area contributed by atoms with Crippen LogP contribution in [0.15, 0.2) is 27.6 Å². The van der Waals surface area contributed by atoms with E-state index < -0.39 is 15.8 Å². The number of benzene rings is 1. The van der Waals surface area contributed by atoms with Crippen LogP contribution in [-0.4, -0.2) is 61.1 Å². The first kappa shape index (κ1) is 21.7. The van der Waals surface area contributed by atoms with Crippen LogP contribution in [0.2, 0.25) is 0 Å². The van der Waals surface area contributed by atoms with E-state index in [1.54, 1.807) is 6.92 Å². The molecule has 10 heteroatoms. The number of nitrogens with zero attached hydrogens (tertiary/aromatic N) is 4. The van der Waals surface area contributed by atoms with Crippen LogP contribution in [0, 0.1) is 18.7 Å². The first-order valence-corrected chi connectivity index (χ1v) is 11.0. The number of methoxy groups -OCH3 is 1. The van der Waals surface area contributed by atoms with Crippen molar-refractivity contribution < 1.29 is 22.1 Å². The second-order valence-corrected chi connectivity index (χ2v) is 9.50. The molecular formula is C19H27FN4O4S. The summed E-state index contributed by atoms with van der Waals surface area (Å²) < 4.78 is 52.5. The van der Waals surface area contributed by atoms with Crippen molar-refractivity contribution in [3.05, 3.63) is 35.7 Å². The summed E-state index contributed by atoms with van der Waals surface area (Å²) in [5.74, 6) is 0.740. The number of aromatic nitrogens is 2. The summed E-state index contributed by atoms with van der Waals surface area (Å²) in [7, 11) is -2.62. The van der Waals surface area contributed by atoms with Crippen molar-refractivity contribution in [1.82, 2.24) is 19.3 Å². The van der Waals surface area contributed by atoms with Gasteiger partial charge >= 0.3 is 0 Å². The highest BCUT2D eigenvalue weighted by atomic mass is 32.2. The Hall–Kier alpha value is -2.04. The molecule has 1 unspecified atom stereocenters. The molecule has 2 heterocycles. The normalized spacial score (nSPS) is 19.4. The molecule has 0 radical (unpaired) electrons. The van der Waals surface area contributed by atoms with E-state index in [1.807, 2.05) is 0 Å². The van der Waals surface area contributed by atoms with Gasteiger partial charge in [-0.15, -0.1) is 0 Å². The van der Waals surface area contributed by atoms with E-state index in [-0.39, 0.29) is 23.2 Å². The number of hydrogen-bond acceptors (Lipinski definition) is 7. The average molecular weight is 427 g/mol. The van der Waals surface area contributed by atoms with Crippen molar-refractivity contribution in [3.63, 3.8) is 0 Å². The van der Waals surface area contributed by atoms with Gasteiger partial charge in [-0.25, -0.2) is 12.8 Å². The fourth-order valence-electron chi connectivity index (χ4n) is 3.59. The molecule has 1 fully saturated rings. The van der Waals surface area contributed by atoms with Crippen LogP contribution in [0.1, 0.15) is 38.0 Å². The first-order valence-electron chi connectivity index (χ1n) is 9.60. The van der Waals surface area contributed by atoms with Gasteiger partial charge in [0.05, 0.1) is 7.11 Å². The van der Waals surface area contributed by atoms with Gasteiger partial charge in [0.1, 0.15) is 22.5 Å². The Morgan fingerprint density at radius 2 is 2.10 bits per heavy atom. The summed E-state index contributed by atoms with van der Waals surface area (Å²) in [6.07, 6.45) is 0.632. The van der Waals surface area contributed by atoms with Gasteiger partial charge in [-0.05, 0) is 37.5 Å². The number of sulfonamides is 1. The summed E-state index contributed by atoms with van der Waals surface area (Å²) >= 11 is 0. The monoisotopic (exact) mass is 426 g/mol. The van der Waals surface area contributed by atoms with E-state index in [2.05, 4.69) is 28.9 Å². The average Bonchev–Trinajstić information content (AvgIpc) is 2.97. The Labute approximate surface area is 170 Å². The molecular weight excluding hydrogens is 399 g/mol. The number of rotatable bonds is 6. The van der Waals surface area contributed by atoms with E-state index in [1.165, 1.54) is 23.5 Å². The summed E-state index contributed by atoms with van der Waals surface area (Å²) in [5, 5.41) is 3.87. The third kappa shape index (κ3) is 4.76. The first-order chi connectivity index (χ1) is 13.7. The van der Waals surface area contributed by atoms with Crippen LogP contribution < -0.4 is 4.74 Å². The lowest BCUT2D eigenvalue weighted by Crippen LogP contribution is -2.39. The number of halogens is 1. The van der Waals surface area contributed by atoms with Crippen molar-refractivity contribution in [2.45, 2.75) is 38.1 Å². The highest BCUT2D eigenvalue weighted by Crippen LogP contribution is 2.32. The third-order valence-electron chi connectivity index (χ3n) is 4.84. The van der Waals surface area contributed by atoms with Crippen LogP contribution >= 0.6 is 0 Å². The van der Waals surface area contributed by atoms with E-state index in [4.69, 9.17) is 9.26 Å². The van der Waals surface area contributed by atoms with Crippen molar-refractivity contribution in [3.8, 4) is 5.75 Å². The minimum absolute atomic E-state index is 0.111. The Morgan fingerprint density at radius 1 is 1.34 bits per heavy atom. The van der Waals surface area contributed by atoms with E-state index >= 15 is 0 Å². The second kappa shape index (κ2) is 8.76. The minimum atomic E-state index is -3.98. The maximum atomic E-state index is 13.8. The molecule has 1 aromatic carbocycles. The van der Waals surface area contributed by atoms with Crippen LogP contribution in [-0.2, 0) is 10.0 Å². The predicted molar refractivity (Wildman–Crippen MR) is 105 cm³/mol. The Balaban J connectivity index is 1.98. The van der Waals surface area contributed by atoms with Crippen molar-refractivity contribution in [2.75, 3.05) is 33.3 Å². The second-order valence-electron chi connectivity index (χ2n) is 7.60. The minimum Gasteiger partial charge on any atom is -0.495 e. The Kier molecular flexibility index (Phi) is 6.55. The fraction of sp³-hybridized carbons (Fsp3) is 0.579. The maximum Gasteiger partial charge on any atom is 0.246 e. The molecule has 1 aromatic heterocycles. The van der Waals surface area contributed by atoms with Gasteiger partial charge in [0.25, 0.3) is 0 Å². The van der Waals surface area contributed by atoms with Crippen molar-refractivity contribution >= 4 is 10.0 Å². The van der Waals surface area contributed by atoms with Gasteiger partial charge in [-0.2, -0.15) is 9.29 Å². The zero-order valence-corrected chi connectivity index (χ0v) is 17.9. The summed E-state index contributed by atoms with van der Waals surface area (Å²) in [4.78, 5) is 6.34. The number of ether oxygens (including phenoxy) is 1. The Morgan fingerprint density at radius 3 is 2.72 bits per heavy atom. The van der Waals surface area contributed by atoms with Gasteiger partial charge in [-0.1, -0.05) is 19.0 Å². The fourth-order valence-corrected chi connectivity index (χ4v) is 5.24. The number of hydrogen-bond donors (Lipinski definition) is 0. The zero-order valence-electron chi connectivity index (χ0n) is 17.1. The molecule has 0 aliphatic carbocycles. The lowest BCUT2D eigenvalue weighted by molar-refractivity contribution is 0.146. The quantitative estimate of drug-likeness (QED) is 0.701. The highest BCUT2D eigenvalue weighted by molar-refractivity contribution is 7.89. The summed E-state index contributed by atoms with van der Waals surface area (Å²) in [6, 6.07) is 3.12. The molecule has 2 aromatic rings. The molecule has 1 aliphatic rings. The van der Waals surface area contributed by atoms with Crippen LogP contribution in [0.4, 0.5) is 4.39 Å². The lowest BCUT2D eigenvalue weighted by Gasteiger charge is -2.30. The van der Waals surface area contributed by atoms with Crippen LogP contribution in [0.25, 0.3) is 0 Å². The van der Waals surface area contributed by atoms with Gasteiger partial charge in [0, 0.05) is 26.2 Å². The van der Waals surface area contributed by atoms with E-state index in [0.717, 1.165) is 12.6 Å². The van der Waals surface area contributed by atoms with Gasteiger partial charge in [-0.3, -0.25) is 4.90 Å². The third-order valence-corrected chi connectivity index (χ3v) is 6.73. The highest BCUT2D eigenvalue weighted by Gasteiger charge is 2.37. The molecule has 0 bridgehead atoms. The topological polar surface area (TPSA) is 88.8 Å². The smallest absolute Gasteiger partial charge is 0.246 e. The molecule has 0 N–H and O–H groups in total. The maximum absolute atomic E-state index is 13.8. The van der Waals surface area contributed by atoms with Crippen molar-refractivity contribution in [2.24, 2.45) is 5.92 Å². The number of aryl methyl sites for hydroxylation is 1. The van der Waals surface area contributed by atoms with Gasteiger partial charge < -0.3 is 9.26 Å². The lowest BCUT2D eigenvalue weighted by atomic mass is 10.1. The summed E-state index contributed by atoms with van der Waals surface area (Å²) in [6.45, 7) is 7.83.